The quantitative estimate of drug-likeness (QED) is 0.553. The molecule has 0 radical (unpaired) electrons. The third-order valence-corrected chi connectivity index (χ3v) is 5.53. The van der Waals surface area contributed by atoms with E-state index in [1.807, 2.05) is 53.1 Å². The third kappa shape index (κ3) is 4.06. The Morgan fingerprint density at radius 1 is 1.32 bits per heavy atom. The highest BCUT2D eigenvalue weighted by Crippen LogP contribution is 2.28. The van der Waals surface area contributed by atoms with Crippen molar-refractivity contribution in [3.8, 4) is 0 Å². The number of halogens is 1. The molecule has 0 aliphatic carbocycles. The molecule has 134 valence electrons. The van der Waals surface area contributed by atoms with Crippen molar-refractivity contribution in [1.82, 2.24) is 15.2 Å². The highest BCUT2D eigenvalue weighted by atomic mass is 127. The van der Waals surface area contributed by atoms with Crippen LogP contribution in [0.5, 0.6) is 0 Å². The van der Waals surface area contributed by atoms with Crippen molar-refractivity contribution in [3.63, 3.8) is 0 Å². The number of rotatable bonds is 4. The van der Waals surface area contributed by atoms with E-state index < -0.39 is 0 Å². The first-order valence-electron chi connectivity index (χ1n) is 8.56. The van der Waals surface area contributed by atoms with E-state index in [1.54, 1.807) is 0 Å². The first kappa shape index (κ1) is 18.4. The van der Waals surface area contributed by atoms with E-state index in [4.69, 9.17) is 0 Å². The number of hydrogen-bond donors (Lipinski definition) is 2. The Morgan fingerprint density at radius 2 is 2.04 bits per heavy atom. The zero-order chi connectivity index (χ0) is 18.2. The SMILES string of the molecule is CC(C)(C)N1C[C@H](NC(=O)Cc2c[nH]c3ccccc23)C[C@@H]1C(=O)I. The molecule has 2 heterocycles. The molecule has 2 N–H and O–H groups in total. The summed E-state index contributed by atoms with van der Waals surface area (Å²) in [6.07, 6.45) is 2.93. The van der Waals surface area contributed by atoms with Gasteiger partial charge in [0.15, 0.2) is 0 Å². The van der Waals surface area contributed by atoms with Crippen molar-refractivity contribution >= 4 is 43.2 Å². The zero-order valence-corrected chi connectivity index (χ0v) is 17.0. The van der Waals surface area contributed by atoms with Gasteiger partial charge < -0.3 is 10.3 Å². The van der Waals surface area contributed by atoms with Crippen LogP contribution in [0, 0.1) is 0 Å². The van der Waals surface area contributed by atoms with Gasteiger partial charge in [0.2, 0.25) is 9.70 Å². The Hall–Kier alpha value is -1.41. The number of benzene rings is 1. The lowest BCUT2D eigenvalue weighted by Gasteiger charge is -2.35. The average molecular weight is 453 g/mol. The Bertz CT molecular complexity index is 793. The molecule has 5 nitrogen and oxygen atoms in total. The lowest BCUT2D eigenvalue weighted by Crippen LogP contribution is -2.47. The number of nitrogens with one attached hydrogen (secondary N) is 2. The highest BCUT2D eigenvalue weighted by molar-refractivity contribution is 14.1. The Kier molecular flexibility index (Phi) is 5.20. The van der Waals surface area contributed by atoms with Crippen LogP contribution >= 0.6 is 22.6 Å². The summed E-state index contributed by atoms with van der Waals surface area (Å²) in [7, 11) is 0. The number of carbonyl (C=O) groups is 2. The van der Waals surface area contributed by atoms with Crippen LogP contribution in [0.1, 0.15) is 32.8 Å². The van der Waals surface area contributed by atoms with Crippen LogP contribution in [0.4, 0.5) is 0 Å². The summed E-state index contributed by atoms with van der Waals surface area (Å²) in [5, 5.41) is 4.20. The van der Waals surface area contributed by atoms with E-state index in [0.717, 1.165) is 16.5 Å². The van der Waals surface area contributed by atoms with E-state index in [-0.39, 0.29) is 27.3 Å². The van der Waals surface area contributed by atoms with E-state index in [9.17, 15) is 9.59 Å². The fourth-order valence-corrected chi connectivity index (χ4v) is 4.22. The van der Waals surface area contributed by atoms with Crippen molar-refractivity contribution in [2.45, 2.75) is 51.2 Å². The van der Waals surface area contributed by atoms with Gasteiger partial charge in [0.05, 0.1) is 12.5 Å². The number of para-hydroxylation sites is 1. The largest absolute Gasteiger partial charge is 0.361 e. The fraction of sp³-hybridized carbons (Fsp3) is 0.474. The van der Waals surface area contributed by atoms with Gasteiger partial charge in [0.25, 0.3) is 0 Å². The second-order valence-electron chi connectivity index (χ2n) is 7.68. The first-order valence-corrected chi connectivity index (χ1v) is 9.64. The molecule has 1 fully saturated rings. The lowest BCUT2D eigenvalue weighted by atomic mass is 10.1. The molecule has 0 bridgehead atoms. The number of H-pyrrole nitrogens is 1. The summed E-state index contributed by atoms with van der Waals surface area (Å²) in [6.45, 7) is 7.03. The van der Waals surface area contributed by atoms with Crippen LogP contribution in [0.15, 0.2) is 30.5 Å². The minimum Gasteiger partial charge on any atom is -0.361 e. The molecule has 1 amide bonds. The molecule has 1 aromatic heterocycles. The third-order valence-electron chi connectivity index (χ3n) is 4.82. The molecule has 1 aromatic carbocycles. The number of likely N-dealkylation sites (tertiary alicyclic amines) is 1. The molecular formula is C19H24IN3O2. The Labute approximate surface area is 161 Å². The Morgan fingerprint density at radius 3 is 2.68 bits per heavy atom. The standard InChI is InChI=1S/C19H24IN3O2/c1-19(2,3)23-11-13(9-16(23)18(20)25)22-17(24)8-12-10-21-15-7-5-4-6-14(12)15/h4-7,10,13,16,21H,8-9,11H2,1-3H3,(H,22,24)/t13-,16-/m1/s1. The first-order chi connectivity index (χ1) is 11.8. The summed E-state index contributed by atoms with van der Waals surface area (Å²) in [5.41, 5.74) is 1.95. The summed E-state index contributed by atoms with van der Waals surface area (Å²) >= 11 is 1.87. The van der Waals surface area contributed by atoms with Gasteiger partial charge in [-0.2, -0.15) is 0 Å². The molecule has 3 rings (SSSR count). The maximum absolute atomic E-state index is 12.5. The van der Waals surface area contributed by atoms with Crippen LogP contribution in [0.2, 0.25) is 0 Å². The molecule has 1 saturated heterocycles. The normalized spacial score (nSPS) is 21.6. The van der Waals surface area contributed by atoms with Gasteiger partial charge in [0, 0.05) is 57.8 Å². The lowest BCUT2D eigenvalue weighted by molar-refractivity contribution is -0.121. The highest BCUT2D eigenvalue weighted by Gasteiger charge is 2.41. The van der Waals surface area contributed by atoms with Gasteiger partial charge in [-0.25, -0.2) is 0 Å². The smallest absolute Gasteiger partial charge is 0.224 e. The van der Waals surface area contributed by atoms with Crippen molar-refractivity contribution < 1.29 is 9.59 Å². The minimum atomic E-state index is -0.126. The van der Waals surface area contributed by atoms with Crippen LogP contribution in [-0.2, 0) is 16.0 Å². The van der Waals surface area contributed by atoms with Crippen molar-refractivity contribution in [2.75, 3.05) is 6.54 Å². The van der Waals surface area contributed by atoms with Crippen LogP contribution in [-0.4, -0.2) is 43.7 Å². The molecule has 1 aliphatic rings. The van der Waals surface area contributed by atoms with E-state index >= 15 is 0 Å². The minimum absolute atomic E-state index is 0.00479. The number of aromatic nitrogens is 1. The molecule has 2 atom stereocenters. The molecular weight excluding hydrogens is 429 g/mol. The molecule has 0 spiro atoms. The van der Waals surface area contributed by atoms with Crippen LogP contribution in [0.3, 0.4) is 0 Å². The summed E-state index contributed by atoms with van der Waals surface area (Å²) < 4.78 is 0.140. The predicted molar refractivity (Wildman–Crippen MR) is 108 cm³/mol. The number of hydrogen-bond acceptors (Lipinski definition) is 3. The summed E-state index contributed by atoms with van der Waals surface area (Å²) in [4.78, 5) is 29.9. The van der Waals surface area contributed by atoms with Gasteiger partial charge in [0.1, 0.15) is 0 Å². The molecule has 6 heteroatoms. The maximum atomic E-state index is 12.5. The Balaban J connectivity index is 1.66. The number of nitrogens with zero attached hydrogens (tertiary/aromatic N) is 1. The topological polar surface area (TPSA) is 65.2 Å². The molecule has 1 aliphatic heterocycles. The van der Waals surface area contributed by atoms with E-state index in [0.29, 0.717) is 19.4 Å². The molecule has 0 unspecified atom stereocenters. The van der Waals surface area contributed by atoms with Gasteiger partial charge in [-0.1, -0.05) is 18.2 Å². The van der Waals surface area contributed by atoms with Gasteiger partial charge in [-0.15, -0.1) is 0 Å². The van der Waals surface area contributed by atoms with Crippen LogP contribution < -0.4 is 5.32 Å². The number of amides is 1. The number of aromatic amines is 1. The summed E-state index contributed by atoms with van der Waals surface area (Å²) in [6, 6.07) is 7.87. The summed E-state index contributed by atoms with van der Waals surface area (Å²) in [5.74, 6) is 0.00479. The number of carbonyl (C=O) groups excluding carboxylic acids is 2. The van der Waals surface area contributed by atoms with Gasteiger partial charge in [-0.3, -0.25) is 14.5 Å². The van der Waals surface area contributed by atoms with Crippen molar-refractivity contribution in [2.24, 2.45) is 0 Å². The predicted octanol–water partition coefficient (Wildman–Crippen LogP) is 3.03. The van der Waals surface area contributed by atoms with Gasteiger partial charge in [-0.05, 0) is 38.8 Å². The number of fused-ring (bicyclic) bond motifs is 1. The second kappa shape index (κ2) is 7.07. The maximum Gasteiger partial charge on any atom is 0.224 e. The van der Waals surface area contributed by atoms with Crippen molar-refractivity contribution in [1.29, 1.82) is 0 Å². The zero-order valence-electron chi connectivity index (χ0n) is 14.8. The molecule has 2 aromatic rings. The van der Waals surface area contributed by atoms with E-state index in [2.05, 4.69) is 36.0 Å². The second-order valence-corrected chi connectivity index (χ2v) is 8.74. The fourth-order valence-electron chi connectivity index (χ4n) is 3.63. The monoisotopic (exact) mass is 453 g/mol. The van der Waals surface area contributed by atoms with E-state index in [1.165, 1.54) is 0 Å². The molecule has 0 saturated carbocycles. The molecule has 25 heavy (non-hydrogen) atoms. The van der Waals surface area contributed by atoms with Crippen LogP contribution in [0.25, 0.3) is 10.9 Å². The van der Waals surface area contributed by atoms with Gasteiger partial charge >= 0.3 is 0 Å². The van der Waals surface area contributed by atoms with Crippen molar-refractivity contribution in [3.05, 3.63) is 36.0 Å². The average Bonchev–Trinajstić information content (AvgIpc) is 3.12.